The van der Waals surface area contributed by atoms with Gasteiger partial charge in [0.2, 0.25) is 10.0 Å². The van der Waals surface area contributed by atoms with Crippen molar-refractivity contribution < 1.29 is 13.2 Å². The van der Waals surface area contributed by atoms with E-state index >= 15 is 0 Å². The molecular weight excluding hydrogens is 226 g/mol. The van der Waals surface area contributed by atoms with Gasteiger partial charge in [-0.15, -0.1) is 11.6 Å². The van der Waals surface area contributed by atoms with Gasteiger partial charge in [-0.25, -0.2) is 8.42 Å². The summed E-state index contributed by atoms with van der Waals surface area (Å²) in [6, 6.07) is -0.0839. The van der Waals surface area contributed by atoms with Crippen molar-refractivity contribution in [2.24, 2.45) is 0 Å². The van der Waals surface area contributed by atoms with Crippen LogP contribution in [0.15, 0.2) is 0 Å². The third-order valence-electron chi connectivity index (χ3n) is 2.24. The van der Waals surface area contributed by atoms with Crippen molar-refractivity contribution in [3.8, 4) is 0 Å². The van der Waals surface area contributed by atoms with E-state index in [4.69, 9.17) is 16.3 Å². The minimum atomic E-state index is -3.19. The van der Waals surface area contributed by atoms with Crippen molar-refractivity contribution in [3.63, 3.8) is 0 Å². The maximum Gasteiger partial charge on any atom is 0.215 e. The summed E-state index contributed by atoms with van der Waals surface area (Å²) in [5.74, 6) is 0.145. The summed E-state index contributed by atoms with van der Waals surface area (Å²) in [6.45, 7) is 4.61. The van der Waals surface area contributed by atoms with Crippen molar-refractivity contribution >= 4 is 21.6 Å². The molecular formula is C8H16ClNO3S. The zero-order valence-corrected chi connectivity index (χ0v) is 10.0. The van der Waals surface area contributed by atoms with E-state index in [0.717, 1.165) is 0 Å². The fraction of sp³-hybridized carbons (Fsp3) is 1.00. The number of nitrogens with zero attached hydrogens (tertiary/aromatic N) is 1. The second kappa shape index (κ2) is 4.79. The van der Waals surface area contributed by atoms with Crippen molar-refractivity contribution in [3.05, 3.63) is 0 Å². The molecule has 84 valence electrons. The highest BCUT2D eigenvalue weighted by atomic mass is 35.5. The monoisotopic (exact) mass is 241 g/mol. The summed E-state index contributed by atoms with van der Waals surface area (Å²) < 4.78 is 30.3. The molecule has 2 atom stereocenters. The molecule has 1 saturated heterocycles. The molecule has 0 amide bonds. The first-order valence-corrected chi connectivity index (χ1v) is 6.79. The predicted molar refractivity (Wildman–Crippen MR) is 56.1 cm³/mol. The third kappa shape index (κ3) is 2.82. The van der Waals surface area contributed by atoms with Gasteiger partial charge in [0, 0.05) is 18.5 Å². The Balaban J connectivity index is 2.74. The number of rotatable bonds is 3. The largest absolute Gasteiger partial charge is 0.375 e. The maximum atomic E-state index is 11.7. The lowest BCUT2D eigenvalue weighted by Crippen LogP contribution is -2.50. The molecule has 1 rings (SSSR count). The topological polar surface area (TPSA) is 46.6 Å². The summed E-state index contributed by atoms with van der Waals surface area (Å²) in [6.07, 6.45) is -0.0312. The van der Waals surface area contributed by atoms with Crippen LogP contribution in [-0.4, -0.2) is 49.7 Å². The first kappa shape index (κ1) is 12.2. The SMILES string of the molecule is CC1CN(S(=O)(=O)CCCl)C(C)CO1. The minimum absolute atomic E-state index is 0.00557. The van der Waals surface area contributed by atoms with Crippen LogP contribution in [0.3, 0.4) is 0 Å². The van der Waals surface area contributed by atoms with E-state index in [1.165, 1.54) is 4.31 Å². The molecule has 0 aromatic carbocycles. The number of hydrogen-bond donors (Lipinski definition) is 0. The molecule has 1 aliphatic rings. The molecule has 4 nitrogen and oxygen atoms in total. The first-order chi connectivity index (χ1) is 6.47. The van der Waals surface area contributed by atoms with Gasteiger partial charge in [0.25, 0.3) is 0 Å². The average molecular weight is 242 g/mol. The standard InChI is InChI=1S/C8H16ClNO3S/c1-7-6-13-8(2)5-10(7)14(11,12)4-3-9/h7-8H,3-6H2,1-2H3. The fourth-order valence-electron chi connectivity index (χ4n) is 1.48. The number of ether oxygens (including phenoxy) is 1. The molecule has 2 unspecified atom stereocenters. The Labute approximate surface area is 90.2 Å². The number of alkyl halides is 1. The van der Waals surface area contributed by atoms with Crippen LogP contribution in [0.1, 0.15) is 13.8 Å². The molecule has 6 heteroatoms. The lowest BCUT2D eigenvalue weighted by Gasteiger charge is -2.35. The molecule has 0 radical (unpaired) electrons. The Kier molecular flexibility index (Phi) is 4.18. The highest BCUT2D eigenvalue weighted by molar-refractivity contribution is 7.89. The zero-order chi connectivity index (χ0) is 10.8. The van der Waals surface area contributed by atoms with Crippen LogP contribution in [-0.2, 0) is 14.8 Å². The molecule has 1 fully saturated rings. The van der Waals surface area contributed by atoms with Gasteiger partial charge in [-0.2, -0.15) is 4.31 Å². The third-order valence-corrected chi connectivity index (χ3v) is 4.60. The lowest BCUT2D eigenvalue weighted by molar-refractivity contribution is -0.0170. The van der Waals surface area contributed by atoms with Gasteiger partial charge < -0.3 is 4.74 Å². The quantitative estimate of drug-likeness (QED) is 0.683. The Morgan fingerprint density at radius 1 is 1.50 bits per heavy atom. The lowest BCUT2D eigenvalue weighted by atomic mass is 10.2. The van der Waals surface area contributed by atoms with Gasteiger partial charge in [0.05, 0.1) is 18.5 Å². The summed E-state index contributed by atoms with van der Waals surface area (Å²) >= 11 is 5.45. The van der Waals surface area contributed by atoms with E-state index in [9.17, 15) is 8.42 Å². The van der Waals surface area contributed by atoms with Crippen LogP contribution in [0, 0.1) is 0 Å². The van der Waals surface area contributed by atoms with Gasteiger partial charge in [-0.3, -0.25) is 0 Å². The zero-order valence-electron chi connectivity index (χ0n) is 8.44. The second-order valence-corrected chi connectivity index (χ2v) is 5.99. The molecule has 0 spiro atoms. The maximum absolute atomic E-state index is 11.7. The van der Waals surface area contributed by atoms with E-state index < -0.39 is 10.0 Å². The average Bonchev–Trinajstić information content (AvgIpc) is 2.09. The van der Waals surface area contributed by atoms with Crippen molar-refractivity contribution in [2.45, 2.75) is 26.0 Å². The van der Waals surface area contributed by atoms with Gasteiger partial charge in [-0.05, 0) is 13.8 Å². The normalized spacial score (nSPS) is 30.5. The molecule has 0 saturated carbocycles. The number of sulfonamides is 1. The molecule has 0 aromatic rings. The Hall–Kier alpha value is 0.160. The van der Waals surface area contributed by atoms with Gasteiger partial charge in [0.15, 0.2) is 0 Å². The number of morpholine rings is 1. The molecule has 0 bridgehead atoms. The number of halogens is 1. The summed E-state index contributed by atoms with van der Waals surface area (Å²) in [7, 11) is -3.19. The first-order valence-electron chi connectivity index (χ1n) is 4.64. The Morgan fingerprint density at radius 3 is 2.71 bits per heavy atom. The predicted octanol–water partition coefficient (Wildman–Crippen LogP) is 0.664. The van der Waals surface area contributed by atoms with E-state index in [2.05, 4.69) is 0 Å². The van der Waals surface area contributed by atoms with E-state index in [-0.39, 0.29) is 23.8 Å². The van der Waals surface area contributed by atoms with Crippen molar-refractivity contribution in [1.82, 2.24) is 4.31 Å². The minimum Gasteiger partial charge on any atom is -0.375 e. The van der Waals surface area contributed by atoms with Crippen molar-refractivity contribution in [2.75, 3.05) is 24.8 Å². The smallest absolute Gasteiger partial charge is 0.215 e. The molecule has 14 heavy (non-hydrogen) atoms. The van der Waals surface area contributed by atoms with Crippen LogP contribution >= 0.6 is 11.6 Å². The molecule has 0 N–H and O–H groups in total. The Morgan fingerprint density at radius 2 is 2.14 bits per heavy atom. The van der Waals surface area contributed by atoms with E-state index in [1.807, 2.05) is 13.8 Å². The van der Waals surface area contributed by atoms with Gasteiger partial charge in [-0.1, -0.05) is 0 Å². The highest BCUT2D eigenvalue weighted by Gasteiger charge is 2.32. The van der Waals surface area contributed by atoms with Crippen LogP contribution in [0.25, 0.3) is 0 Å². The van der Waals surface area contributed by atoms with Gasteiger partial charge in [0.1, 0.15) is 0 Å². The van der Waals surface area contributed by atoms with Crippen LogP contribution in [0.2, 0.25) is 0 Å². The van der Waals surface area contributed by atoms with Crippen LogP contribution < -0.4 is 0 Å². The molecule has 0 aliphatic carbocycles. The highest BCUT2D eigenvalue weighted by Crippen LogP contribution is 2.16. The summed E-state index contributed by atoms with van der Waals surface area (Å²) in [4.78, 5) is 0. The van der Waals surface area contributed by atoms with Crippen LogP contribution in [0.4, 0.5) is 0 Å². The Bertz CT molecular complexity index is 280. The van der Waals surface area contributed by atoms with E-state index in [1.54, 1.807) is 0 Å². The molecule has 1 aliphatic heterocycles. The second-order valence-electron chi connectivity index (χ2n) is 3.57. The van der Waals surface area contributed by atoms with Crippen LogP contribution in [0.5, 0.6) is 0 Å². The van der Waals surface area contributed by atoms with Crippen molar-refractivity contribution in [1.29, 1.82) is 0 Å². The number of hydrogen-bond acceptors (Lipinski definition) is 3. The van der Waals surface area contributed by atoms with Gasteiger partial charge >= 0.3 is 0 Å². The summed E-state index contributed by atoms with van der Waals surface area (Å²) in [5, 5.41) is 0. The fourth-order valence-corrected chi connectivity index (χ4v) is 3.54. The molecule has 1 heterocycles. The van der Waals surface area contributed by atoms with E-state index in [0.29, 0.717) is 13.2 Å². The summed E-state index contributed by atoms with van der Waals surface area (Å²) in [5.41, 5.74) is 0. The molecule has 0 aromatic heterocycles.